The first kappa shape index (κ1) is 11.7. The highest BCUT2D eigenvalue weighted by atomic mass is 32.2. The van der Waals surface area contributed by atoms with Crippen LogP contribution in [0, 0.1) is 5.92 Å². The first-order valence-electron chi connectivity index (χ1n) is 4.84. The number of amides is 1. The Morgan fingerprint density at radius 2 is 2.36 bits per heavy atom. The van der Waals surface area contributed by atoms with E-state index in [1.807, 2.05) is 6.92 Å². The Morgan fingerprint density at radius 1 is 1.71 bits per heavy atom. The first-order chi connectivity index (χ1) is 6.54. The van der Waals surface area contributed by atoms with Crippen LogP contribution < -0.4 is 5.73 Å². The third-order valence-corrected chi connectivity index (χ3v) is 3.53. The number of hydrogen-bond donors (Lipinski definition) is 1. The lowest BCUT2D eigenvalue weighted by Gasteiger charge is -2.23. The number of likely N-dealkylation sites (tertiary alicyclic amines) is 1. The predicted octanol–water partition coefficient (Wildman–Crippen LogP) is -0.439. The van der Waals surface area contributed by atoms with Crippen molar-refractivity contribution in [3.8, 4) is 0 Å². The molecule has 1 heterocycles. The van der Waals surface area contributed by atoms with E-state index in [9.17, 15) is 9.00 Å². The van der Waals surface area contributed by atoms with E-state index in [-0.39, 0.29) is 17.9 Å². The summed E-state index contributed by atoms with van der Waals surface area (Å²) < 4.78 is 11.0. The third kappa shape index (κ3) is 2.78. The molecule has 1 rings (SSSR count). The summed E-state index contributed by atoms with van der Waals surface area (Å²) in [6, 6.07) is 0.0740. The van der Waals surface area contributed by atoms with Gasteiger partial charge in [-0.2, -0.15) is 0 Å². The normalized spacial score (nSPS) is 26.6. The monoisotopic (exact) mass is 218 g/mol. The molecule has 1 amide bonds. The lowest BCUT2D eigenvalue weighted by molar-refractivity contribution is -0.129. The minimum Gasteiger partial charge on any atom is -0.339 e. The van der Waals surface area contributed by atoms with Crippen molar-refractivity contribution in [3.63, 3.8) is 0 Å². The molecule has 0 radical (unpaired) electrons. The van der Waals surface area contributed by atoms with Crippen LogP contribution in [0.25, 0.3) is 0 Å². The van der Waals surface area contributed by atoms with E-state index in [4.69, 9.17) is 5.73 Å². The highest BCUT2D eigenvalue weighted by Gasteiger charge is 2.31. The Morgan fingerprint density at radius 3 is 2.79 bits per heavy atom. The molecule has 3 unspecified atom stereocenters. The van der Waals surface area contributed by atoms with Crippen LogP contribution in [0.15, 0.2) is 0 Å². The quantitative estimate of drug-likeness (QED) is 0.696. The molecule has 14 heavy (non-hydrogen) atoms. The highest BCUT2D eigenvalue weighted by Crippen LogP contribution is 2.19. The van der Waals surface area contributed by atoms with Gasteiger partial charge in [-0.3, -0.25) is 9.00 Å². The van der Waals surface area contributed by atoms with Crippen molar-refractivity contribution in [3.05, 3.63) is 0 Å². The van der Waals surface area contributed by atoms with E-state index in [1.54, 1.807) is 11.2 Å². The van der Waals surface area contributed by atoms with Gasteiger partial charge in [0.2, 0.25) is 5.91 Å². The molecule has 0 saturated carbocycles. The van der Waals surface area contributed by atoms with Gasteiger partial charge in [0, 0.05) is 41.8 Å². The van der Waals surface area contributed by atoms with Crippen LogP contribution in [-0.4, -0.2) is 46.2 Å². The van der Waals surface area contributed by atoms with Crippen LogP contribution in [0.3, 0.4) is 0 Å². The Hall–Kier alpha value is -0.420. The standard InChI is InChI=1S/C9H18N2O2S/c1-7(6-14(2)13)11-5-8(4-10)3-9(11)12/h7-8H,3-6,10H2,1-2H3. The Balaban J connectivity index is 2.52. The van der Waals surface area contributed by atoms with Gasteiger partial charge in [0.1, 0.15) is 0 Å². The van der Waals surface area contributed by atoms with Gasteiger partial charge in [-0.25, -0.2) is 0 Å². The van der Waals surface area contributed by atoms with E-state index >= 15 is 0 Å². The van der Waals surface area contributed by atoms with Crippen molar-refractivity contribution >= 4 is 16.7 Å². The molecule has 2 N–H and O–H groups in total. The molecule has 1 saturated heterocycles. The van der Waals surface area contributed by atoms with E-state index < -0.39 is 10.8 Å². The van der Waals surface area contributed by atoms with Crippen molar-refractivity contribution in [1.82, 2.24) is 4.90 Å². The topological polar surface area (TPSA) is 63.4 Å². The zero-order valence-corrected chi connectivity index (χ0v) is 9.55. The SMILES string of the molecule is CC(CS(C)=O)N1CC(CN)CC1=O. The van der Waals surface area contributed by atoms with E-state index in [0.29, 0.717) is 18.7 Å². The number of carbonyl (C=O) groups is 1. The molecular weight excluding hydrogens is 200 g/mol. The minimum atomic E-state index is -0.845. The number of rotatable bonds is 4. The predicted molar refractivity (Wildman–Crippen MR) is 57.3 cm³/mol. The average molecular weight is 218 g/mol. The lowest BCUT2D eigenvalue weighted by Crippen LogP contribution is -2.38. The largest absolute Gasteiger partial charge is 0.339 e. The second-order valence-electron chi connectivity index (χ2n) is 3.94. The number of nitrogens with two attached hydrogens (primary N) is 1. The molecule has 0 aromatic carbocycles. The fourth-order valence-electron chi connectivity index (χ4n) is 1.82. The van der Waals surface area contributed by atoms with E-state index in [1.165, 1.54) is 0 Å². The maximum atomic E-state index is 11.5. The van der Waals surface area contributed by atoms with Crippen molar-refractivity contribution in [2.45, 2.75) is 19.4 Å². The molecule has 3 atom stereocenters. The zero-order valence-electron chi connectivity index (χ0n) is 8.73. The van der Waals surface area contributed by atoms with E-state index in [2.05, 4.69) is 0 Å². The Labute approximate surface area is 87.3 Å². The third-order valence-electron chi connectivity index (χ3n) is 2.58. The molecule has 0 bridgehead atoms. The highest BCUT2D eigenvalue weighted by molar-refractivity contribution is 7.84. The Kier molecular flexibility index (Phi) is 4.07. The maximum Gasteiger partial charge on any atom is 0.223 e. The number of nitrogens with zero attached hydrogens (tertiary/aromatic N) is 1. The van der Waals surface area contributed by atoms with E-state index in [0.717, 1.165) is 6.54 Å². The van der Waals surface area contributed by atoms with Gasteiger partial charge in [-0.15, -0.1) is 0 Å². The summed E-state index contributed by atoms with van der Waals surface area (Å²) >= 11 is 0. The molecule has 1 aliphatic rings. The summed E-state index contributed by atoms with van der Waals surface area (Å²) in [5, 5.41) is 0. The summed E-state index contributed by atoms with van der Waals surface area (Å²) in [7, 11) is -0.845. The van der Waals surface area contributed by atoms with Crippen LogP contribution in [0.5, 0.6) is 0 Å². The summed E-state index contributed by atoms with van der Waals surface area (Å²) in [6.07, 6.45) is 2.22. The smallest absolute Gasteiger partial charge is 0.223 e. The van der Waals surface area contributed by atoms with Crippen molar-refractivity contribution < 1.29 is 9.00 Å². The van der Waals surface area contributed by atoms with Gasteiger partial charge in [0.25, 0.3) is 0 Å². The fourth-order valence-corrected chi connectivity index (χ4v) is 2.68. The summed E-state index contributed by atoms with van der Waals surface area (Å²) in [5.41, 5.74) is 5.52. The molecule has 5 heteroatoms. The van der Waals surface area contributed by atoms with Crippen LogP contribution >= 0.6 is 0 Å². The molecule has 4 nitrogen and oxygen atoms in total. The zero-order chi connectivity index (χ0) is 10.7. The molecule has 1 aliphatic heterocycles. The van der Waals surface area contributed by atoms with Gasteiger partial charge in [-0.05, 0) is 19.4 Å². The molecule has 0 aliphatic carbocycles. The second-order valence-corrected chi connectivity index (χ2v) is 5.42. The molecular formula is C9H18N2O2S. The summed E-state index contributed by atoms with van der Waals surface area (Å²) in [4.78, 5) is 13.3. The number of hydrogen-bond acceptors (Lipinski definition) is 3. The van der Waals surface area contributed by atoms with Gasteiger partial charge in [0.15, 0.2) is 0 Å². The first-order valence-corrected chi connectivity index (χ1v) is 6.57. The van der Waals surface area contributed by atoms with Gasteiger partial charge in [0.05, 0.1) is 0 Å². The van der Waals surface area contributed by atoms with Crippen molar-refractivity contribution in [2.75, 3.05) is 25.1 Å². The van der Waals surface area contributed by atoms with Gasteiger partial charge < -0.3 is 10.6 Å². The maximum absolute atomic E-state index is 11.5. The minimum absolute atomic E-state index is 0.0740. The Bertz CT molecular complexity index is 245. The molecule has 0 aromatic heterocycles. The summed E-state index contributed by atoms with van der Waals surface area (Å²) in [5.74, 6) is 0.997. The van der Waals surface area contributed by atoms with Crippen molar-refractivity contribution in [1.29, 1.82) is 0 Å². The van der Waals surface area contributed by atoms with Crippen LogP contribution in [0.4, 0.5) is 0 Å². The second kappa shape index (κ2) is 4.89. The molecule has 0 aromatic rings. The van der Waals surface area contributed by atoms with Crippen molar-refractivity contribution in [2.24, 2.45) is 11.7 Å². The molecule has 82 valence electrons. The van der Waals surface area contributed by atoms with Crippen LogP contribution in [0.2, 0.25) is 0 Å². The van der Waals surface area contributed by atoms with Gasteiger partial charge >= 0.3 is 0 Å². The average Bonchev–Trinajstić information content (AvgIpc) is 2.45. The molecule has 1 fully saturated rings. The number of carbonyl (C=O) groups excluding carboxylic acids is 1. The lowest BCUT2D eigenvalue weighted by atomic mass is 10.1. The van der Waals surface area contributed by atoms with Crippen LogP contribution in [0.1, 0.15) is 13.3 Å². The van der Waals surface area contributed by atoms with Crippen LogP contribution in [-0.2, 0) is 15.6 Å². The molecule has 0 spiro atoms. The summed E-state index contributed by atoms with van der Waals surface area (Å²) in [6.45, 7) is 3.23. The fraction of sp³-hybridized carbons (Fsp3) is 0.889. The van der Waals surface area contributed by atoms with Gasteiger partial charge in [-0.1, -0.05) is 0 Å².